The maximum atomic E-state index is 5.95. The standard InChI is InChI=1S/C13H19NO2/c1-13(2)11(14)8-12(13)16-10-6-4-5-9(7-10)15-3/h4-7,11-12H,8,14H2,1-3H3. The molecule has 0 amide bonds. The van der Waals surface area contributed by atoms with Crippen molar-refractivity contribution in [2.45, 2.75) is 32.4 Å². The Bertz CT molecular complexity index is 376. The van der Waals surface area contributed by atoms with Crippen molar-refractivity contribution in [3.63, 3.8) is 0 Å². The minimum Gasteiger partial charge on any atom is -0.497 e. The summed E-state index contributed by atoms with van der Waals surface area (Å²) in [5.41, 5.74) is 6.01. The molecule has 1 aromatic rings. The lowest BCUT2D eigenvalue weighted by molar-refractivity contribution is -0.0400. The Morgan fingerprint density at radius 2 is 2.00 bits per heavy atom. The molecule has 0 bridgehead atoms. The number of rotatable bonds is 3. The minimum absolute atomic E-state index is 0.0586. The molecule has 3 nitrogen and oxygen atoms in total. The Kier molecular flexibility index (Phi) is 2.80. The Balaban J connectivity index is 2.05. The van der Waals surface area contributed by atoms with Crippen LogP contribution in [0, 0.1) is 5.41 Å². The van der Waals surface area contributed by atoms with E-state index in [4.69, 9.17) is 15.2 Å². The van der Waals surface area contributed by atoms with E-state index >= 15 is 0 Å². The topological polar surface area (TPSA) is 44.5 Å². The molecule has 0 radical (unpaired) electrons. The summed E-state index contributed by atoms with van der Waals surface area (Å²) >= 11 is 0. The normalized spacial score (nSPS) is 27.0. The predicted molar refractivity (Wildman–Crippen MR) is 63.8 cm³/mol. The zero-order valence-corrected chi connectivity index (χ0v) is 10.1. The van der Waals surface area contributed by atoms with Crippen molar-refractivity contribution in [2.24, 2.45) is 11.1 Å². The number of methoxy groups -OCH3 is 1. The van der Waals surface area contributed by atoms with Crippen LogP contribution < -0.4 is 15.2 Å². The molecule has 0 aromatic heterocycles. The Morgan fingerprint density at radius 1 is 1.31 bits per heavy atom. The zero-order chi connectivity index (χ0) is 11.8. The van der Waals surface area contributed by atoms with Crippen LogP contribution in [0.25, 0.3) is 0 Å². The third-order valence-corrected chi connectivity index (χ3v) is 3.57. The average molecular weight is 221 g/mol. The molecular formula is C13H19NO2. The number of ether oxygens (including phenoxy) is 2. The summed E-state index contributed by atoms with van der Waals surface area (Å²) in [4.78, 5) is 0. The second-order valence-corrected chi connectivity index (χ2v) is 4.95. The zero-order valence-electron chi connectivity index (χ0n) is 10.1. The number of nitrogens with two attached hydrogens (primary N) is 1. The third-order valence-electron chi connectivity index (χ3n) is 3.57. The first-order valence-electron chi connectivity index (χ1n) is 5.60. The van der Waals surface area contributed by atoms with E-state index in [0.717, 1.165) is 17.9 Å². The highest BCUT2D eigenvalue weighted by atomic mass is 16.5. The third kappa shape index (κ3) is 1.87. The molecule has 2 atom stereocenters. The van der Waals surface area contributed by atoms with Gasteiger partial charge in [0, 0.05) is 23.9 Å². The summed E-state index contributed by atoms with van der Waals surface area (Å²) in [6, 6.07) is 7.93. The molecule has 0 spiro atoms. The second kappa shape index (κ2) is 3.98. The van der Waals surface area contributed by atoms with Gasteiger partial charge in [0.1, 0.15) is 17.6 Å². The summed E-state index contributed by atoms with van der Waals surface area (Å²) in [7, 11) is 1.66. The number of hydrogen-bond acceptors (Lipinski definition) is 3. The van der Waals surface area contributed by atoms with Gasteiger partial charge in [-0.2, -0.15) is 0 Å². The van der Waals surface area contributed by atoms with E-state index in [1.54, 1.807) is 7.11 Å². The fourth-order valence-electron chi connectivity index (χ4n) is 1.96. The van der Waals surface area contributed by atoms with Gasteiger partial charge in [-0.1, -0.05) is 19.9 Å². The van der Waals surface area contributed by atoms with Crippen LogP contribution in [0.4, 0.5) is 0 Å². The Labute approximate surface area is 96.5 Å². The van der Waals surface area contributed by atoms with Gasteiger partial charge in [0.25, 0.3) is 0 Å². The van der Waals surface area contributed by atoms with Crippen LogP contribution in [0.2, 0.25) is 0 Å². The van der Waals surface area contributed by atoms with Gasteiger partial charge in [-0.05, 0) is 12.1 Å². The molecule has 0 saturated heterocycles. The molecule has 2 unspecified atom stereocenters. The smallest absolute Gasteiger partial charge is 0.123 e. The molecule has 1 aliphatic carbocycles. The first-order valence-corrected chi connectivity index (χ1v) is 5.60. The van der Waals surface area contributed by atoms with Crippen LogP contribution in [0.1, 0.15) is 20.3 Å². The van der Waals surface area contributed by atoms with Gasteiger partial charge >= 0.3 is 0 Å². The molecule has 1 saturated carbocycles. The van der Waals surface area contributed by atoms with E-state index < -0.39 is 0 Å². The van der Waals surface area contributed by atoms with E-state index in [9.17, 15) is 0 Å². The molecule has 2 rings (SSSR count). The lowest BCUT2D eigenvalue weighted by Gasteiger charge is -2.49. The highest BCUT2D eigenvalue weighted by Crippen LogP contribution is 2.41. The Morgan fingerprint density at radius 3 is 2.56 bits per heavy atom. The molecule has 1 aliphatic rings. The van der Waals surface area contributed by atoms with E-state index in [1.807, 2.05) is 24.3 Å². The van der Waals surface area contributed by atoms with Crippen molar-refractivity contribution in [3.8, 4) is 11.5 Å². The quantitative estimate of drug-likeness (QED) is 0.851. The summed E-state index contributed by atoms with van der Waals surface area (Å²) in [6.45, 7) is 4.29. The van der Waals surface area contributed by atoms with Gasteiger partial charge in [-0.3, -0.25) is 0 Å². The largest absolute Gasteiger partial charge is 0.497 e. The van der Waals surface area contributed by atoms with Gasteiger partial charge in [-0.15, -0.1) is 0 Å². The first-order chi connectivity index (χ1) is 7.54. The van der Waals surface area contributed by atoms with Crippen LogP contribution in [0.3, 0.4) is 0 Å². The highest BCUT2D eigenvalue weighted by Gasteiger charge is 2.47. The molecule has 3 heteroatoms. The van der Waals surface area contributed by atoms with E-state index in [-0.39, 0.29) is 17.6 Å². The summed E-state index contributed by atoms with van der Waals surface area (Å²) < 4.78 is 11.1. The Hall–Kier alpha value is -1.22. The lowest BCUT2D eigenvalue weighted by atomic mass is 9.65. The molecule has 1 fully saturated rings. The van der Waals surface area contributed by atoms with Crippen molar-refractivity contribution >= 4 is 0 Å². The molecule has 0 heterocycles. The summed E-state index contributed by atoms with van der Waals surface area (Å²) in [5.74, 6) is 1.67. The van der Waals surface area contributed by atoms with Crippen LogP contribution in [0.15, 0.2) is 24.3 Å². The van der Waals surface area contributed by atoms with Gasteiger partial charge in [0.05, 0.1) is 7.11 Å². The van der Waals surface area contributed by atoms with Crippen LogP contribution >= 0.6 is 0 Å². The van der Waals surface area contributed by atoms with Gasteiger partial charge in [-0.25, -0.2) is 0 Å². The SMILES string of the molecule is COc1cccc(OC2CC(N)C2(C)C)c1. The van der Waals surface area contributed by atoms with E-state index in [2.05, 4.69) is 13.8 Å². The van der Waals surface area contributed by atoms with Crippen molar-refractivity contribution < 1.29 is 9.47 Å². The molecule has 0 aliphatic heterocycles. The summed E-state index contributed by atoms with van der Waals surface area (Å²) in [5, 5.41) is 0. The molecule has 16 heavy (non-hydrogen) atoms. The van der Waals surface area contributed by atoms with Crippen molar-refractivity contribution in [3.05, 3.63) is 24.3 Å². The fourth-order valence-corrected chi connectivity index (χ4v) is 1.96. The molecule has 2 N–H and O–H groups in total. The van der Waals surface area contributed by atoms with Crippen LogP contribution in [0.5, 0.6) is 11.5 Å². The lowest BCUT2D eigenvalue weighted by Crippen LogP contribution is -2.60. The molecular weight excluding hydrogens is 202 g/mol. The van der Waals surface area contributed by atoms with Crippen molar-refractivity contribution in [1.82, 2.24) is 0 Å². The minimum atomic E-state index is 0.0586. The first kappa shape index (κ1) is 11.3. The molecule has 1 aromatic carbocycles. The van der Waals surface area contributed by atoms with Crippen molar-refractivity contribution in [1.29, 1.82) is 0 Å². The number of hydrogen-bond donors (Lipinski definition) is 1. The second-order valence-electron chi connectivity index (χ2n) is 4.95. The van der Waals surface area contributed by atoms with Gasteiger partial charge < -0.3 is 15.2 Å². The maximum Gasteiger partial charge on any atom is 0.123 e. The van der Waals surface area contributed by atoms with E-state index in [1.165, 1.54) is 0 Å². The van der Waals surface area contributed by atoms with Crippen LogP contribution in [-0.2, 0) is 0 Å². The summed E-state index contributed by atoms with van der Waals surface area (Å²) in [6.07, 6.45) is 1.12. The number of benzene rings is 1. The van der Waals surface area contributed by atoms with Crippen molar-refractivity contribution in [2.75, 3.05) is 7.11 Å². The van der Waals surface area contributed by atoms with Crippen LogP contribution in [-0.4, -0.2) is 19.3 Å². The van der Waals surface area contributed by atoms with Gasteiger partial charge in [0.15, 0.2) is 0 Å². The van der Waals surface area contributed by atoms with E-state index in [0.29, 0.717) is 0 Å². The monoisotopic (exact) mass is 221 g/mol. The maximum absolute atomic E-state index is 5.95. The highest BCUT2D eigenvalue weighted by molar-refractivity contribution is 5.33. The predicted octanol–water partition coefficient (Wildman–Crippen LogP) is 2.20. The van der Waals surface area contributed by atoms with Gasteiger partial charge in [0.2, 0.25) is 0 Å². The fraction of sp³-hybridized carbons (Fsp3) is 0.538. The average Bonchev–Trinajstić information content (AvgIpc) is 2.29. The molecule has 88 valence electrons.